The molecule has 2 aromatic rings. The van der Waals surface area contributed by atoms with E-state index in [1.165, 1.54) is 14.2 Å². The molecule has 1 aliphatic rings. The number of methoxy groups -OCH3 is 2. The van der Waals surface area contributed by atoms with Crippen LogP contribution in [0, 0.1) is 5.92 Å². The fourth-order valence-corrected chi connectivity index (χ4v) is 3.20. The Hall–Kier alpha value is -3.04. The van der Waals surface area contributed by atoms with Crippen LogP contribution in [0.1, 0.15) is 18.5 Å². The fraction of sp³-hybridized carbons (Fsp3) is 0.421. The van der Waals surface area contributed by atoms with Gasteiger partial charge in [-0.3, -0.25) is 4.79 Å². The number of piperidine rings is 1. The zero-order chi connectivity index (χ0) is 21.0. The number of rotatable bonds is 5. The second kappa shape index (κ2) is 8.54. The largest absolute Gasteiger partial charge is 0.493 e. The zero-order valence-electron chi connectivity index (χ0n) is 16.0. The van der Waals surface area contributed by atoms with E-state index in [1.54, 1.807) is 23.1 Å². The number of amides is 1. The molecule has 1 aromatic heterocycles. The Balaban J connectivity index is 1.60. The Kier molecular flexibility index (Phi) is 6.09. The maximum absolute atomic E-state index is 12.8. The molecule has 1 saturated heterocycles. The molecule has 1 amide bonds. The van der Waals surface area contributed by atoms with Gasteiger partial charge in [-0.1, -0.05) is 0 Å². The van der Waals surface area contributed by atoms with E-state index in [9.17, 15) is 18.0 Å². The van der Waals surface area contributed by atoms with Gasteiger partial charge in [0.1, 0.15) is 17.8 Å². The molecular weight excluding hydrogens is 389 g/mol. The first-order valence-electron chi connectivity index (χ1n) is 8.99. The van der Waals surface area contributed by atoms with Crippen molar-refractivity contribution in [1.82, 2.24) is 9.97 Å². The maximum atomic E-state index is 12.8. The van der Waals surface area contributed by atoms with E-state index in [-0.39, 0.29) is 17.6 Å². The van der Waals surface area contributed by atoms with Crippen molar-refractivity contribution in [2.75, 3.05) is 37.5 Å². The molecule has 0 unspecified atom stereocenters. The predicted molar refractivity (Wildman–Crippen MR) is 100 cm³/mol. The smallest absolute Gasteiger partial charge is 0.433 e. The quantitative estimate of drug-likeness (QED) is 0.815. The second-order valence-corrected chi connectivity index (χ2v) is 6.58. The molecule has 10 heteroatoms. The normalized spacial score (nSPS) is 15.1. The van der Waals surface area contributed by atoms with Gasteiger partial charge >= 0.3 is 6.18 Å². The van der Waals surface area contributed by atoms with Gasteiger partial charge in [-0.15, -0.1) is 0 Å². The third kappa shape index (κ3) is 4.87. The standard InChI is InChI=1S/C19H21F3N4O3/c1-28-14-4-3-13(9-15(14)29-2)25-18(27)12-5-7-26(8-6-12)17-10-16(19(20,21)22)23-11-24-17/h3-4,9-12H,5-8H2,1-2H3,(H,25,27). The van der Waals surface area contributed by atoms with E-state index in [0.29, 0.717) is 43.1 Å². The lowest BCUT2D eigenvalue weighted by Gasteiger charge is -2.32. The summed E-state index contributed by atoms with van der Waals surface area (Å²) in [6.45, 7) is 0.858. The highest BCUT2D eigenvalue weighted by molar-refractivity contribution is 5.93. The topological polar surface area (TPSA) is 76.6 Å². The summed E-state index contributed by atoms with van der Waals surface area (Å²) in [6, 6.07) is 6.02. The van der Waals surface area contributed by atoms with E-state index in [1.807, 2.05) is 0 Å². The van der Waals surface area contributed by atoms with Crippen molar-refractivity contribution < 1.29 is 27.4 Å². The summed E-state index contributed by atoms with van der Waals surface area (Å²) in [4.78, 5) is 21.5. The van der Waals surface area contributed by atoms with Crippen LogP contribution >= 0.6 is 0 Å². The lowest BCUT2D eigenvalue weighted by Crippen LogP contribution is -2.38. The highest BCUT2D eigenvalue weighted by Gasteiger charge is 2.34. The third-order valence-corrected chi connectivity index (χ3v) is 4.78. The van der Waals surface area contributed by atoms with Gasteiger partial charge in [-0.05, 0) is 25.0 Å². The summed E-state index contributed by atoms with van der Waals surface area (Å²) in [6.07, 6.45) is -2.60. The number of ether oxygens (including phenoxy) is 2. The molecular formula is C19H21F3N4O3. The van der Waals surface area contributed by atoms with Crippen LogP contribution in [0.2, 0.25) is 0 Å². The lowest BCUT2D eigenvalue weighted by molar-refractivity contribution is -0.141. The van der Waals surface area contributed by atoms with Crippen LogP contribution in [0.25, 0.3) is 0 Å². The number of carbonyl (C=O) groups is 1. The first kappa shape index (κ1) is 20.7. The third-order valence-electron chi connectivity index (χ3n) is 4.78. The zero-order valence-corrected chi connectivity index (χ0v) is 16.0. The van der Waals surface area contributed by atoms with Gasteiger partial charge in [-0.25, -0.2) is 9.97 Å². The Morgan fingerprint density at radius 3 is 2.41 bits per heavy atom. The van der Waals surface area contributed by atoms with Crippen molar-refractivity contribution in [2.24, 2.45) is 5.92 Å². The van der Waals surface area contributed by atoms with Gasteiger partial charge in [0.2, 0.25) is 5.91 Å². The maximum Gasteiger partial charge on any atom is 0.433 e. The number of benzene rings is 1. The molecule has 0 aliphatic carbocycles. The second-order valence-electron chi connectivity index (χ2n) is 6.58. The Labute approximate surface area is 165 Å². The van der Waals surface area contributed by atoms with Gasteiger partial charge in [0.25, 0.3) is 0 Å². The van der Waals surface area contributed by atoms with Crippen molar-refractivity contribution in [2.45, 2.75) is 19.0 Å². The molecule has 0 saturated carbocycles. The number of nitrogens with one attached hydrogen (secondary N) is 1. The Morgan fingerprint density at radius 1 is 1.10 bits per heavy atom. The van der Waals surface area contributed by atoms with Crippen LogP contribution in [0.15, 0.2) is 30.6 Å². The molecule has 2 heterocycles. The highest BCUT2D eigenvalue weighted by atomic mass is 19.4. The van der Waals surface area contributed by atoms with Crippen molar-refractivity contribution in [3.63, 3.8) is 0 Å². The van der Waals surface area contributed by atoms with E-state index in [4.69, 9.17) is 9.47 Å². The number of nitrogens with zero attached hydrogens (tertiary/aromatic N) is 3. The molecule has 0 bridgehead atoms. The van der Waals surface area contributed by atoms with Crippen molar-refractivity contribution in [3.05, 3.63) is 36.3 Å². The van der Waals surface area contributed by atoms with E-state index in [0.717, 1.165) is 12.4 Å². The summed E-state index contributed by atoms with van der Waals surface area (Å²) in [5.74, 6) is 0.885. The van der Waals surface area contributed by atoms with Crippen LogP contribution in [-0.2, 0) is 11.0 Å². The predicted octanol–water partition coefficient (Wildman–Crippen LogP) is 3.37. The van der Waals surface area contributed by atoms with Gasteiger partial charge in [0, 0.05) is 36.8 Å². The van der Waals surface area contributed by atoms with E-state index >= 15 is 0 Å². The molecule has 1 aliphatic heterocycles. The number of carbonyl (C=O) groups excluding carboxylic acids is 1. The minimum Gasteiger partial charge on any atom is -0.493 e. The average molecular weight is 410 g/mol. The number of halogens is 3. The number of alkyl halides is 3. The molecule has 1 aromatic carbocycles. The lowest BCUT2D eigenvalue weighted by atomic mass is 9.95. The molecule has 0 atom stereocenters. The van der Waals surface area contributed by atoms with Crippen molar-refractivity contribution in [3.8, 4) is 11.5 Å². The number of aromatic nitrogens is 2. The average Bonchev–Trinajstić information content (AvgIpc) is 2.73. The minimum atomic E-state index is -4.52. The van der Waals surface area contributed by atoms with E-state index in [2.05, 4.69) is 15.3 Å². The van der Waals surface area contributed by atoms with Gasteiger partial charge in [0.05, 0.1) is 14.2 Å². The first-order chi connectivity index (χ1) is 13.8. The first-order valence-corrected chi connectivity index (χ1v) is 8.99. The molecule has 7 nitrogen and oxygen atoms in total. The van der Waals surface area contributed by atoms with Gasteiger partial charge in [0.15, 0.2) is 11.5 Å². The van der Waals surface area contributed by atoms with Crippen LogP contribution in [0.5, 0.6) is 11.5 Å². The molecule has 3 rings (SSSR count). The highest BCUT2D eigenvalue weighted by Crippen LogP contribution is 2.32. The van der Waals surface area contributed by atoms with E-state index < -0.39 is 11.9 Å². The van der Waals surface area contributed by atoms with Gasteiger partial charge in [-0.2, -0.15) is 13.2 Å². The number of anilines is 2. The monoisotopic (exact) mass is 410 g/mol. The van der Waals surface area contributed by atoms with Crippen LogP contribution in [-0.4, -0.2) is 43.2 Å². The molecule has 0 spiro atoms. The Morgan fingerprint density at radius 2 is 1.79 bits per heavy atom. The molecule has 1 N–H and O–H groups in total. The summed E-state index contributed by atoms with van der Waals surface area (Å²) in [5.41, 5.74) is -0.392. The summed E-state index contributed by atoms with van der Waals surface area (Å²) in [7, 11) is 3.04. The number of hydrogen-bond donors (Lipinski definition) is 1. The van der Waals surface area contributed by atoms with Crippen LogP contribution in [0.3, 0.4) is 0 Å². The summed E-state index contributed by atoms with van der Waals surface area (Å²) >= 11 is 0. The molecule has 29 heavy (non-hydrogen) atoms. The minimum absolute atomic E-state index is 0.143. The van der Waals surface area contributed by atoms with Crippen molar-refractivity contribution in [1.29, 1.82) is 0 Å². The Bertz CT molecular complexity index is 868. The molecule has 156 valence electrons. The van der Waals surface area contributed by atoms with Gasteiger partial charge < -0.3 is 19.7 Å². The van der Waals surface area contributed by atoms with Crippen molar-refractivity contribution >= 4 is 17.4 Å². The SMILES string of the molecule is COc1ccc(NC(=O)C2CCN(c3cc(C(F)(F)F)ncn3)CC2)cc1OC. The molecule has 1 fully saturated rings. The van der Waals surface area contributed by atoms with Crippen LogP contribution in [0.4, 0.5) is 24.7 Å². The number of hydrogen-bond acceptors (Lipinski definition) is 6. The van der Waals surface area contributed by atoms with Crippen LogP contribution < -0.4 is 19.7 Å². The molecule has 0 radical (unpaired) electrons. The summed E-state index contributed by atoms with van der Waals surface area (Å²) < 4.78 is 48.9. The fourth-order valence-electron chi connectivity index (χ4n) is 3.20. The summed E-state index contributed by atoms with van der Waals surface area (Å²) in [5, 5.41) is 2.85.